The lowest BCUT2D eigenvalue weighted by Gasteiger charge is -2.25. The van der Waals surface area contributed by atoms with Crippen molar-refractivity contribution in [1.82, 2.24) is 14.9 Å². The summed E-state index contributed by atoms with van der Waals surface area (Å²) in [6.45, 7) is 3.61. The van der Waals surface area contributed by atoms with Crippen molar-refractivity contribution in [2.24, 2.45) is 11.7 Å². The first-order valence-electron chi connectivity index (χ1n) is 8.60. The van der Waals surface area contributed by atoms with Crippen LogP contribution in [-0.4, -0.2) is 28.0 Å². The zero-order valence-electron chi connectivity index (χ0n) is 14.6. The highest BCUT2D eigenvalue weighted by Gasteiger charge is 2.24. The van der Waals surface area contributed by atoms with Crippen LogP contribution in [0, 0.1) is 12.8 Å². The molecule has 140 valence electrons. The van der Waals surface area contributed by atoms with Crippen LogP contribution in [0.4, 0.5) is 0 Å². The quantitative estimate of drug-likeness (QED) is 0.774. The Bertz CT molecular complexity index is 689. The third-order valence-electron chi connectivity index (χ3n) is 4.79. The number of carbonyl (C=O) groups is 1. The fraction of sp³-hybridized carbons (Fsp3) is 0.556. The summed E-state index contributed by atoms with van der Waals surface area (Å²) in [6, 6.07) is 8.37. The fourth-order valence-corrected chi connectivity index (χ4v) is 3.54. The highest BCUT2D eigenvalue weighted by Crippen LogP contribution is 2.23. The molecule has 1 heterocycles. The van der Waals surface area contributed by atoms with Gasteiger partial charge in [-0.1, -0.05) is 18.6 Å². The number of hydrogen-bond donors (Lipinski definition) is 2. The Kier molecular flexibility index (Phi) is 8.69. The zero-order chi connectivity index (χ0) is 16.2. The van der Waals surface area contributed by atoms with Gasteiger partial charge in [0.2, 0.25) is 5.91 Å². The number of nitrogens with one attached hydrogen (secondary N) is 1. The SMILES string of the molecule is Cc1nc2ccccc2n1CCCNC(=O)C1CCCC(N)C1.Cl.Cl. The van der Waals surface area contributed by atoms with Crippen molar-refractivity contribution < 1.29 is 4.79 Å². The molecular weight excluding hydrogens is 359 g/mol. The molecule has 1 aliphatic rings. The van der Waals surface area contributed by atoms with E-state index in [1.807, 2.05) is 25.1 Å². The summed E-state index contributed by atoms with van der Waals surface area (Å²) in [5.41, 5.74) is 8.16. The first-order chi connectivity index (χ1) is 11.1. The van der Waals surface area contributed by atoms with Crippen LogP contribution in [0.15, 0.2) is 24.3 Å². The summed E-state index contributed by atoms with van der Waals surface area (Å²) in [4.78, 5) is 16.8. The summed E-state index contributed by atoms with van der Waals surface area (Å²) in [5.74, 6) is 1.30. The van der Waals surface area contributed by atoms with E-state index >= 15 is 0 Å². The number of halogens is 2. The molecule has 2 unspecified atom stereocenters. The number of nitrogens with two attached hydrogens (primary N) is 1. The summed E-state index contributed by atoms with van der Waals surface area (Å²) in [5, 5.41) is 3.07. The topological polar surface area (TPSA) is 72.9 Å². The van der Waals surface area contributed by atoms with Gasteiger partial charge in [0.15, 0.2) is 0 Å². The molecular formula is C18H28Cl2N4O. The van der Waals surface area contributed by atoms with E-state index in [2.05, 4.69) is 20.9 Å². The Morgan fingerprint density at radius 3 is 2.84 bits per heavy atom. The van der Waals surface area contributed by atoms with Gasteiger partial charge in [-0.3, -0.25) is 4.79 Å². The molecule has 0 spiro atoms. The second kappa shape index (κ2) is 10.00. The van der Waals surface area contributed by atoms with Crippen LogP contribution in [0.2, 0.25) is 0 Å². The van der Waals surface area contributed by atoms with Crippen LogP contribution < -0.4 is 11.1 Å². The normalized spacial score (nSPS) is 19.8. The number of aryl methyl sites for hydroxylation is 2. The molecule has 0 aliphatic heterocycles. The lowest BCUT2D eigenvalue weighted by molar-refractivity contribution is -0.126. The number of benzene rings is 1. The van der Waals surface area contributed by atoms with Gasteiger partial charge >= 0.3 is 0 Å². The molecule has 1 fully saturated rings. The number of hydrogen-bond acceptors (Lipinski definition) is 3. The van der Waals surface area contributed by atoms with E-state index in [-0.39, 0.29) is 42.7 Å². The Morgan fingerprint density at radius 2 is 2.08 bits per heavy atom. The molecule has 7 heteroatoms. The maximum Gasteiger partial charge on any atom is 0.223 e. The summed E-state index contributed by atoms with van der Waals surface area (Å²) >= 11 is 0. The molecule has 1 aliphatic carbocycles. The summed E-state index contributed by atoms with van der Waals surface area (Å²) in [6.07, 6.45) is 4.84. The van der Waals surface area contributed by atoms with E-state index in [1.165, 1.54) is 0 Å². The lowest BCUT2D eigenvalue weighted by Crippen LogP contribution is -2.38. The smallest absolute Gasteiger partial charge is 0.223 e. The molecule has 1 aromatic carbocycles. The molecule has 1 aromatic heterocycles. The van der Waals surface area contributed by atoms with Crippen LogP contribution >= 0.6 is 24.8 Å². The molecule has 1 amide bonds. The van der Waals surface area contributed by atoms with Crippen LogP contribution in [-0.2, 0) is 11.3 Å². The minimum atomic E-state index is 0. The minimum Gasteiger partial charge on any atom is -0.356 e. The Hall–Kier alpha value is -1.30. The van der Waals surface area contributed by atoms with Gasteiger partial charge in [-0.25, -0.2) is 4.98 Å². The van der Waals surface area contributed by atoms with Gasteiger partial charge in [-0.2, -0.15) is 0 Å². The number of imidazole rings is 1. The molecule has 0 saturated heterocycles. The van der Waals surface area contributed by atoms with Crippen LogP contribution in [0.5, 0.6) is 0 Å². The number of nitrogens with zero attached hydrogens (tertiary/aromatic N) is 2. The fourth-order valence-electron chi connectivity index (χ4n) is 3.54. The monoisotopic (exact) mass is 386 g/mol. The van der Waals surface area contributed by atoms with Gasteiger partial charge in [0, 0.05) is 25.0 Å². The van der Waals surface area contributed by atoms with E-state index in [1.54, 1.807) is 0 Å². The van der Waals surface area contributed by atoms with Crippen LogP contribution in [0.1, 0.15) is 37.9 Å². The molecule has 2 atom stereocenters. The van der Waals surface area contributed by atoms with Gasteiger partial charge < -0.3 is 15.6 Å². The van der Waals surface area contributed by atoms with E-state index < -0.39 is 0 Å². The van der Waals surface area contributed by atoms with E-state index in [0.29, 0.717) is 6.54 Å². The first kappa shape index (κ1) is 21.7. The largest absolute Gasteiger partial charge is 0.356 e. The van der Waals surface area contributed by atoms with Gasteiger partial charge in [-0.15, -0.1) is 24.8 Å². The Balaban J connectivity index is 0.00000156. The van der Waals surface area contributed by atoms with Gasteiger partial charge in [-0.05, 0) is 44.7 Å². The predicted molar refractivity (Wildman–Crippen MR) is 107 cm³/mol. The molecule has 0 bridgehead atoms. The second-order valence-corrected chi connectivity index (χ2v) is 6.57. The van der Waals surface area contributed by atoms with Crippen molar-refractivity contribution in [2.75, 3.05) is 6.54 Å². The van der Waals surface area contributed by atoms with E-state index in [9.17, 15) is 4.79 Å². The van der Waals surface area contributed by atoms with E-state index in [4.69, 9.17) is 5.73 Å². The van der Waals surface area contributed by atoms with Gasteiger partial charge in [0.25, 0.3) is 0 Å². The van der Waals surface area contributed by atoms with Crippen molar-refractivity contribution in [3.63, 3.8) is 0 Å². The number of amides is 1. The maximum absolute atomic E-state index is 12.2. The highest BCUT2D eigenvalue weighted by atomic mass is 35.5. The average molecular weight is 387 g/mol. The molecule has 3 N–H and O–H groups in total. The van der Waals surface area contributed by atoms with Crippen molar-refractivity contribution in [2.45, 2.75) is 51.6 Å². The standard InChI is InChI=1S/C18H26N4O.2ClH/c1-13-21-16-8-2-3-9-17(16)22(13)11-5-10-20-18(23)14-6-4-7-15(19)12-14;;/h2-3,8-9,14-15H,4-7,10-12,19H2,1H3,(H,20,23);2*1H. The average Bonchev–Trinajstić information content (AvgIpc) is 2.87. The number of aromatic nitrogens is 2. The summed E-state index contributed by atoms with van der Waals surface area (Å²) in [7, 11) is 0. The Labute approximate surface area is 161 Å². The third kappa shape index (κ3) is 5.33. The minimum absolute atomic E-state index is 0. The number of rotatable bonds is 5. The molecule has 0 radical (unpaired) electrons. The van der Waals surface area contributed by atoms with Gasteiger partial charge in [0.1, 0.15) is 5.82 Å². The molecule has 3 rings (SSSR count). The third-order valence-corrected chi connectivity index (χ3v) is 4.79. The molecule has 25 heavy (non-hydrogen) atoms. The second-order valence-electron chi connectivity index (χ2n) is 6.57. The van der Waals surface area contributed by atoms with E-state index in [0.717, 1.165) is 55.5 Å². The van der Waals surface area contributed by atoms with Gasteiger partial charge in [0.05, 0.1) is 11.0 Å². The van der Waals surface area contributed by atoms with Crippen LogP contribution in [0.25, 0.3) is 11.0 Å². The zero-order valence-corrected chi connectivity index (χ0v) is 16.2. The predicted octanol–water partition coefficient (Wildman–Crippen LogP) is 3.21. The number of para-hydroxylation sites is 2. The van der Waals surface area contributed by atoms with Crippen molar-refractivity contribution in [3.05, 3.63) is 30.1 Å². The highest BCUT2D eigenvalue weighted by molar-refractivity contribution is 5.85. The number of fused-ring (bicyclic) bond motifs is 1. The Morgan fingerprint density at radius 1 is 1.32 bits per heavy atom. The summed E-state index contributed by atoms with van der Waals surface area (Å²) < 4.78 is 2.22. The van der Waals surface area contributed by atoms with Crippen molar-refractivity contribution in [1.29, 1.82) is 0 Å². The molecule has 5 nitrogen and oxygen atoms in total. The maximum atomic E-state index is 12.2. The van der Waals surface area contributed by atoms with Crippen molar-refractivity contribution in [3.8, 4) is 0 Å². The lowest BCUT2D eigenvalue weighted by atomic mass is 9.85. The van der Waals surface area contributed by atoms with Crippen molar-refractivity contribution >= 4 is 41.8 Å². The van der Waals surface area contributed by atoms with Crippen LogP contribution in [0.3, 0.4) is 0 Å². The molecule has 2 aromatic rings. The molecule has 1 saturated carbocycles. The first-order valence-corrected chi connectivity index (χ1v) is 8.60. The number of carbonyl (C=O) groups excluding carboxylic acids is 1.